The highest BCUT2D eigenvalue weighted by Crippen LogP contribution is 2.57. The molecule has 8 heteroatoms. The van der Waals surface area contributed by atoms with Gasteiger partial charge >= 0.3 is 0 Å². The van der Waals surface area contributed by atoms with Crippen LogP contribution in [0, 0.1) is 0 Å². The Morgan fingerprint density at radius 3 is 1.47 bits per heavy atom. The predicted molar refractivity (Wildman–Crippen MR) is 147 cm³/mol. The lowest BCUT2D eigenvalue weighted by atomic mass is 10.1. The van der Waals surface area contributed by atoms with E-state index >= 15 is 0 Å². The molecule has 0 spiro atoms. The molecule has 0 aromatic heterocycles. The first-order valence-corrected chi connectivity index (χ1v) is 14.9. The van der Waals surface area contributed by atoms with E-state index in [0.717, 1.165) is 5.69 Å². The number of para-hydroxylation sites is 4. The molecule has 0 radical (unpaired) electrons. The number of sulfone groups is 2. The fourth-order valence-corrected chi connectivity index (χ4v) is 8.82. The lowest BCUT2D eigenvalue weighted by Crippen LogP contribution is -2.28. The Bertz CT molecular complexity index is 1960. The average Bonchev–Trinajstić information content (AvgIpc) is 2.94. The molecule has 0 N–H and O–H groups in total. The van der Waals surface area contributed by atoms with Crippen LogP contribution in [0.1, 0.15) is 0 Å². The highest BCUT2D eigenvalue weighted by molar-refractivity contribution is 7.93. The summed E-state index contributed by atoms with van der Waals surface area (Å²) in [7, 11) is -8.14. The van der Waals surface area contributed by atoms with Crippen LogP contribution in [-0.2, 0) is 19.7 Å². The lowest BCUT2D eigenvalue weighted by molar-refractivity contribution is 0.592. The van der Waals surface area contributed by atoms with E-state index < -0.39 is 19.7 Å². The van der Waals surface area contributed by atoms with Crippen molar-refractivity contribution in [2.24, 2.45) is 0 Å². The summed E-state index contributed by atoms with van der Waals surface area (Å²) in [6.07, 6.45) is 0. The van der Waals surface area contributed by atoms with Gasteiger partial charge in [-0.1, -0.05) is 60.7 Å². The minimum Gasteiger partial charge on any atom is -0.308 e. The molecule has 2 heterocycles. The fourth-order valence-electron chi connectivity index (χ4n) is 5.33. The first kappa shape index (κ1) is 22.8. The zero-order chi connectivity index (χ0) is 26.1. The van der Waals surface area contributed by atoms with Gasteiger partial charge in [0.2, 0.25) is 19.7 Å². The fraction of sp³-hybridized carbons (Fsp3) is 0. The van der Waals surface area contributed by atoms with Gasteiger partial charge in [-0.25, -0.2) is 16.8 Å². The minimum atomic E-state index is -4.13. The molecule has 5 aromatic rings. The molecule has 186 valence electrons. The van der Waals surface area contributed by atoms with Crippen LogP contribution in [0.4, 0.5) is 34.1 Å². The number of fused-ring (bicyclic) bond motifs is 5. The molecule has 0 fully saturated rings. The summed E-state index contributed by atoms with van der Waals surface area (Å²) in [5.74, 6) is 0. The summed E-state index contributed by atoms with van der Waals surface area (Å²) in [4.78, 5) is 3.79. The number of hydrogen-bond donors (Lipinski definition) is 0. The van der Waals surface area contributed by atoms with Gasteiger partial charge in [0.15, 0.2) is 0 Å². The van der Waals surface area contributed by atoms with Crippen molar-refractivity contribution < 1.29 is 16.8 Å². The van der Waals surface area contributed by atoms with Crippen LogP contribution in [0.3, 0.4) is 0 Å². The second kappa shape index (κ2) is 8.05. The third kappa shape index (κ3) is 3.04. The van der Waals surface area contributed by atoms with Crippen LogP contribution in [-0.4, -0.2) is 16.8 Å². The van der Waals surface area contributed by atoms with Crippen LogP contribution in [0.2, 0.25) is 0 Å². The standard InChI is InChI=1S/C30H20N2O4S2/c33-37(34)26-17-9-8-16-24(26)32(22-13-5-2-6-14-22)29-28(37)20-19-25-30(29)38(35,36)27-18-10-7-15-23(27)31(25)21-11-3-1-4-12-21/h1-20H. The molecule has 0 bridgehead atoms. The molecule has 2 aliphatic heterocycles. The maximum absolute atomic E-state index is 14.4. The Hall–Kier alpha value is -4.40. The monoisotopic (exact) mass is 536 g/mol. The summed E-state index contributed by atoms with van der Waals surface area (Å²) in [6, 6.07) is 35.3. The third-order valence-corrected chi connectivity index (χ3v) is 10.6. The van der Waals surface area contributed by atoms with E-state index in [1.807, 2.05) is 65.6 Å². The second-order valence-corrected chi connectivity index (χ2v) is 12.8. The van der Waals surface area contributed by atoms with Gasteiger partial charge in [-0.2, -0.15) is 0 Å². The number of rotatable bonds is 2. The summed E-state index contributed by atoms with van der Waals surface area (Å²) < 4.78 is 56.7. The number of hydrogen-bond acceptors (Lipinski definition) is 6. The minimum absolute atomic E-state index is 0.0421. The van der Waals surface area contributed by atoms with E-state index in [1.165, 1.54) is 6.07 Å². The molecule has 0 amide bonds. The number of anilines is 6. The Morgan fingerprint density at radius 1 is 0.395 bits per heavy atom. The molecule has 7 rings (SSSR count). The van der Waals surface area contributed by atoms with Crippen molar-refractivity contribution in [3.05, 3.63) is 121 Å². The van der Waals surface area contributed by atoms with Crippen molar-refractivity contribution in [3.63, 3.8) is 0 Å². The Kier molecular flexibility index (Phi) is 4.82. The predicted octanol–water partition coefficient (Wildman–Crippen LogP) is 6.92. The molecule has 0 atom stereocenters. The van der Waals surface area contributed by atoms with Gasteiger partial charge in [-0.05, 0) is 60.7 Å². The SMILES string of the molecule is O=S1(=O)c2ccccc2N(c2ccccc2)c2c1ccc1c2S(=O)(=O)c2ccccc2N1c1ccccc1. The van der Waals surface area contributed by atoms with Gasteiger partial charge in [0, 0.05) is 11.4 Å². The van der Waals surface area contributed by atoms with E-state index in [2.05, 4.69) is 0 Å². The van der Waals surface area contributed by atoms with E-state index in [4.69, 9.17) is 0 Å². The van der Waals surface area contributed by atoms with Crippen molar-refractivity contribution in [2.75, 3.05) is 9.80 Å². The van der Waals surface area contributed by atoms with E-state index in [-0.39, 0.29) is 25.3 Å². The zero-order valence-corrected chi connectivity index (χ0v) is 21.5. The van der Waals surface area contributed by atoms with E-state index in [1.54, 1.807) is 59.5 Å². The molecule has 0 saturated carbocycles. The molecule has 0 saturated heterocycles. The van der Waals surface area contributed by atoms with Crippen molar-refractivity contribution in [1.29, 1.82) is 0 Å². The summed E-state index contributed by atoms with van der Waals surface area (Å²) in [5, 5.41) is 0. The molecule has 5 aromatic carbocycles. The second-order valence-electron chi connectivity index (χ2n) is 9.04. The smallest absolute Gasteiger partial charge is 0.212 e. The van der Waals surface area contributed by atoms with Crippen molar-refractivity contribution in [1.82, 2.24) is 0 Å². The maximum atomic E-state index is 14.4. The van der Waals surface area contributed by atoms with Crippen LogP contribution >= 0.6 is 0 Å². The van der Waals surface area contributed by atoms with Gasteiger partial charge in [0.1, 0.15) is 4.90 Å². The van der Waals surface area contributed by atoms with Gasteiger partial charge in [-0.15, -0.1) is 0 Å². The summed E-state index contributed by atoms with van der Waals surface area (Å²) in [6.45, 7) is 0. The van der Waals surface area contributed by atoms with Gasteiger partial charge in [0.05, 0.1) is 37.4 Å². The van der Waals surface area contributed by atoms with Crippen LogP contribution < -0.4 is 9.80 Å². The normalized spacial score (nSPS) is 16.1. The summed E-state index contributed by atoms with van der Waals surface area (Å²) >= 11 is 0. The Labute approximate surface area is 220 Å². The number of benzene rings is 5. The molecular formula is C30H20N2O4S2. The Balaban J connectivity index is 1.65. The third-order valence-electron chi connectivity index (χ3n) is 6.92. The highest BCUT2D eigenvalue weighted by Gasteiger charge is 2.44. The topological polar surface area (TPSA) is 74.8 Å². The number of nitrogens with zero attached hydrogens (tertiary/aromatic N) is 2. The maximum Gasteiger partial charge on any atom is 0.212 e. The first-order valence-electron chi connectivity index (χ1n) is 12.0. The molecular weight excluding hydrogens is 516 g/mol. The largest absolute Gasteiger partial charge is 0.308 e. The van der Waals surface area contributed by atoms with Crippen LogP contribution in [0.5, 0.6) is 0 Å². The molecule has 0 unspecified atom stereocenters. The molecule has 0 aliphatic carbocycles. The molecule has 38 heavy (non-hydrogen) atoms. The van der Waals surface area contributed by atoms with E-state index in [9.17, 15) is 16.8 Å². The van der Waals surface area contributed by atoms with Gasteiger partial charge < -0.3 is 9.80 Å². The highest BCUT2D eigenvalue weighted by atomic mass is 32.2. The molecule has 2 aliphatic rings. The van der Waals surface area contributed by atoms with E-state index in [0.29, 0.717) is 22.7 Å². The van der Waals surface area contributed by atoms with Crippen LogP contribution in [0.25, 0.3) is 0 Å². The van der Waals surface area contributed by atoms with Gasteiger partial charge in [0.25, 0.3) is 0 Å². The van der Waals surface area contributed by atoms with Crippen LogP contribution in [0.15, 0.2) is 141 Å². The van der Waals surface area contributed by atoms with Crippen molar-refractivity contribution in [2.45, 2.75) is 19.6 Å². The zero-order valence-electron chi connectivity index (χ0n) is 19.9. The van der Waals surface area contributed by atoms with Gasteiger partial charge in [-0.3, -0.25) is 0 Å². The molecule has 6 nitrogen and oxygen atoms in total. The Morgan fingerprint density at radius 2 is 0.868 bits per heavy atom. The lowest BCUT2D eigenvalue weighted by Gasteiger charge is -2.39. The quantitative estimate of drug-likeness (QED) is 0.239. The average molecular weight is 537 g/mol. The van der Waals surface area contributed by atoms with Crippen molar-refractivity contribution >= 4 is 53.8 Å². The van der Waals surface area contributed by atoms with Crippen molar-refractivity contribution in [3.8, 4) is 0 Å². The summed E-state index contributed by atoms with van der Waals surface area (Å²) in [5.41, 5.74) is 2.86. The first-order chi connectivity index (χ1) is 18.4.